The van der Waals surface area contributed by atoms with Gasteiger partial charge in [0.15, 0.2) is 0 Å². The van der Waals surface area contributed by atoms with Crippen LogP contribution in [0.2, 0.25) is 0 Å². The maximum atomic E-state index is 11.5. The van der Waals surface area contributed by atoms with Gasteiger partial charge < -0.3 is 9.80 Å². The molecule has 126 valence electrons. The third-order valence-electron chi connectivity index (χ3n) is 4.44. The number of piperazine rings is 1. The fourth-order valence-corrected chi connectivity index (χ4v) is 3.15. The number of hydrogen-bond acceptors (Lipinski definition) is 5. The molecule has 0 aliphatic carbocycles. The highest BCUT2D eigenvalue weighted by Crippen LogP contribution is 2.22. The van der Waals surface area contributed by atoms with Crippen molar-refractivity contribution in [1.29, 1.82) is 0 Å². The molecule has 2 heterocycles. The van der Waals surface area contributed by atoms with E-state index < -0.39 is 0 Å². The molecule has 1 aliphatic heterocycles. The van der Waals surface area contributed by atoms with Crippen molar-refractivity contribution in [2.24, 2.45) is 5.84 Å². The standard InChI is InChI=1S/C18H23N5O/c1-22-9-10-23(16-5-3-2-4-6-16)17(13-22)11-15-8-7-14(12-20-15)18(24)21-19/h2-8,12,17H,9-11,13,19H2,1H3,(H,21,24). The minimum atomic E-state index is -0.322. The van der Waals surface area contributed by atoms with E-state index >= 15 is 0 Å². The van der Waals surface area contributed by atoms with E-state index in [1.807, 2.05) is 12.1 Å². The molecule has 1 atom stereocenters. The van der Waals surface area contributed by atoms with Crippen LogP contribution in [-0.4, -0.2) is 48.5 Å². The van der Waals surface area contributed by atoms with Crippen LogP contribution in [0.1, 0.15) is 16.1 Å². The zero-order chi connectivity index (χ0) is 16.9. The number of para-hydroxylation sites is 1. The summed E-state index contributed by atoms with van der Waals surface area (Å²) in [6.45, 7) is 3.04. The maximum Gasteiger partial charge on any atom is 0.266 e. The van der Waals surface area contributed by atoms with E-state index in [9.17, 15) is 4.79 Å². The Morgan fingerprint density at radius 2 is 2.04 bits per heavy atom. The topological polar surface area (TPSA) is 74.5 Å². The molecule has 1 saturated heterocycles. The van der Waals surface area contributed by atoms with Crippen LogP contribution in [-0.2, 0) is 6.42 Å². The van der Waals surface area contributed by atoms with Crippen LogP contribution in [0.4, 0.5) is 5.69 Å². The van der Waals surface area contributed by atoms with Gasteiger partial charge in [-0.1, -0.05) is 18.2 Å². The third kappa shape index (κ3) is 3.72. The molecule has 0 saturated carbocycles. The van der Waals surface area contributed by atoms with Gasteiger partial charge in [-0.2, -0.15) is 0 Å². The van der Waals surface area contributed by atoms with Gasteiger partial charge in [0.2, 0.25) is 0 Å². The monoisotopic (exact) mass is 325 g/mol. The van der Waals surface area contributed by atoms with E-state index in [1.165, 1.54) is 5.69 Å². The molecule has 2 aromatic rings. The summed E-state index contributed by atoms with van der Waals surface area (Å²) in [6, 6.07) is 14.5. The van der Waals surface area contributed by atoms with Gasteiger partial charge in [0.05, 0.1) is 5.56 Å². The van der Waals surface area contributed by atoms with Crippen LogP contribution in [0.5, 0.6) is 0 Å². The van der Waals surface area contributed by atoms with Gasteiger partial charge >= 0.3 is 0 Å². The molecule has 1 fully saturated rings. The third-order valence-corrected chi connectivity index (χ3v) is 4.44. The molecule has 6 nitrogen and oxygen atoms in total. The first-order valence-electron chi connectivity index (χ1n) is 8.13. The molecule has 24 heavy (non-hydrogen) atoms. The van der Waals surface area contributed by atoms with E-state index in [0.717, 1.165) is 31.7 Å². The van der Waals surface area contributed by atoms with Gasteiger partial charge in [-0.15, -0.1) is 0 Å². The Labute approximate surface area is 142 Å². The van der Waals surface area contributed by atoms with Gasteiger partial charge in [0.1, 0.15) is 0 Å². The summed E-state index contributed by atoms with van der Waals surface area (Å²) in [6.07, 6.45) is 2.42. The highest BCUT2D eigenvalue weighted by molar-refractivity contribution is 5.93. The number of pyridine rings is 1. The number of anilines is 1. The average molecular weight is 325 g/mol. The normalized spacial score (nSPS) is 18.4. The summed E-state index contributed by atoms with van der Waals surface area (Å²) in [5.74, 6) is 4.83. The molecule has 0 radical (unpaired) electrons. The molecule has 0 bridgehead atoms. The number of nitrogens with two attached hydrogens (primary N) is 1. The molecule has 3 N–H and O–H groups in total. The summed E-state index contributed by atoms with van der Waals surface area (Å²) >= 11 is 0. The highest BCUT2D eigenvalue weighted by Gasteiger charge is 2.26. The number of amides is 1. The lowest BCUT2D eigenvalue weighted by molar-refractivity contribution is 0.0953. The molecule has 1 aromatic carbocycles. The molecule has 1 aromatic heterocycles. The summed E-state index contributed by atoms with van der Waals surface area (Å²) < 4.78 is 0. The van der Waals surface area contributed by atoms with Crippen LogP contribution < -0.4 is 16.2 Å². The number of rotatable bonds is 4. The first-order chi connectivity index (χ1) is 11.7. The van der Waals surface area contributed by atoms with Crippen LogP contribution in [0.25, 0.3) is 0 Å². The Kier molecular flexibility index (Phi) is 5.08. The molecule has 1 unspecified atom stereocenters. The average Bonchev–Trinajstić information content (AvgIpc) is 2.62. The molecular formula is C18H23N5O. The van der Waals surface area contributed by atoms with Crippen LogP contribution in [0.3, 0.4) is 0 Å². The number of carbonyl (C=O) groups excluding carboxylic acids is 1. The summed E-state index contributed by atoms with van der Waals surface area (Å²) in [4.78, 5) is 20.7. The number of hydrazine groups is 1. The lowest BCUT2D eigenvalue weighted by Gasteiger charge is -2.41. The van der Waals surface area contributed by atoms with Crippen molar-refractivity contribution in [2.75, 3.05) is 31.6 Å². The number of nitrogens with one attached hydrogen (secondary N) is 1. The molecule has 6 heteroatoms. The van der Waals surface area contributed by atoms with Crippen molar-refractivity contribution in [3.8, 4) is 0 Å². The predicted octanol–water partition coefficient (Wildman–Crippen LogP) is 1.05. The Hall–Kier alpha value is -2.44. The zero-order valence-electron chi connectivity index (χ0n) is 13.9. The van der Waals surface area contributed by atoms with Gasteiger partial charge in [-0.25, -0.2) is 5.84 Å². The summed E-state index contributed by atoms with van der Waals surface area (Å²) in [7, 11) is 2.15. The fourth-order valence-electron chi connectivity index (χ4n) is 3.15. The second kappa shape index (κ2) is 7.42. The highest BCUT2D eigenvalue weighted by atomic mass is 16.2. The van der Waals surface area contributed by atoms with Crippen LogP contribution >= 0.6 is 0 Å². The quantitative estimate of drug-likeness (QED) is 0.499. The Balaban J connectivity index is 1.76. The van der Waals surface area contributed by atoms with Gasteiger partial charge in [-0.05, 0) is 31.3 Å². The molecule has 3 rings (SSSR count). The second-order valence-corrected chi connectivity index (χ2v) is 6.16. The molecule has 0 spiro atoms. The van der Waals surface area contributed by atoms with E-state index in [4.69, 9.17) is 5.84 Å². The van der Waals surface area contributed by atoms with Gasteiger partial charge in [0, 0.05) is 49.7 Å². The number of aromatic nitrogens is 1. The number of nitrogen functional groups attached to an aromatic ring is 1. The van der Waals surface area contributed by atoms with Crippen molar-refractivity contribution in [3.05, 3.63) is 59.9 Å². The zero-order valence-corrected chi connectivity index (χ0v) is 13.9. The number of likely N-dealkylation sites (N-methyl/N-ethyl adjacent to an activating group) is 1. The summed E-state index contributed by atoms with van der Waals surface area (Å²) in [5.41, 5.74) is 4.82. The summed E-state index contributed by atoms with van der Waals surface area (Å²) in [5, 5.41) is 0. The fraction of sp³-hybridized carbons (Fsp3) is 0.333. The lowest BCUT2D eigenvalue weighted by atomic mass is 10.0. The van der Waals surface area contributed by atoms with Gasteiger partial charge in [0.25, 0.3) is 5.91 Å². The van der Waals surface area contributed by atoms with E-state index in [2.05, 4.69) is 51.5 Å². The Bertz CT molecular complexity index is 674. The van der Waals surface area contributed by atoms with Crippen LogP contribution in [0.15, 0.2) is 48.7 Å². The second-order valence-electron chi connectivity index (χ2n) is 6.16. The lowest BCUT2D eigenvalue weighted by Crippen LogP contribution is -2.53. The van der Waals surface area contributed by atoms with E-state index in [0.29, 0.717) is 11.6 Å². The molecule has 1 amide bonds. The number of carbonyl (C=O) groups is 1. The van der Waals surface area contributed by atoms with Gasteiger partial charge in [-0.3, -0.25) is 15.2 Å². The Morgan fingerprint density at radius 3 is 2.71 bits per heavy atom. The van der Waals surface area contributed by atoms with Crippen molar-refractivity contribution >= 4 is 11.6 Å². The Morgan fingerprint density at radius 1 is 1.25 bits per heavy atom. The molecular weight excluding hydrogens is 302 g/mol. The van der Waals surface area contributed by atoms with Crippen molar-refractivity contribution in [2.45, 2.75) is 12.5 Å². The minimum Gasteiger partial charge on any atom is -0.366 e. The van der Waals surface area contributed by atoms with Crippen molar-refractivity contribution in [1.82, 2.24) is 15.3 Å². The smallest absolute Gasteiger partial charge is 0.266 e. The van der Waals surface area contributed by atoms with E-state index in [1.54, 1.807) is 12.3 Å². The largest absolute Gasteiger partial charge is 0.366 e. The van der Waals surface area contributed by atoms with Crippen molar-refractivity contribution < 1.29 is 4.79 Å². The maximum absolute atomic E-state index is 11.5. The predicted molar refractivity (Wildman–Crippen MR) is 94.7 cm³/mol. The number of nitrogens with zero attached hydrogens (tertiary/aromatic N) is 3. The van der Waals surface area contributed by atoms with Crippen LogP contribution in [0, 0.1) is 0 Å². The number of hydrogen-bond donors (Lipinski definition) is 2. The SMILES string of the molecule is CN1CCN(c2ccccc2)C(Cc2ccc(C(=O)NN)cn2)C1. The molecule has 1 aliphatic rings. The minimum absolute atomic E-state index is 0.322. The van der Waals surface area contributed by atoms with E-state index in [-0.39, 0.29) is 5.91 Å². The van der Waals surface area contributed by atoms with Crippen molar-refractivity contribution in [3.63, 3.8) is 0 Å². The first-order valence-corrected chi connectivity index (χ1v) is 8.13. The first kappa shape index (κ1) is 16.4. The number of benzene rings is 1.